The van der Waals surface area contributed by atoms with Gasteiger partial charge in [-0.05, 0) is 38.5 Å². The smallest absolute Gasteiger partial charge is 0.306 e. The van der Waals surface area contributed by atoms with Crippen molar-refractivity contribution in [2.24, 2.45) is 0 Å². The number of esters is 2. The fraction of sp³-hybridized carbons (Fsp3) is 0.933. The van der Waals surface area contributed by atoms with Crippen LogP contribution in [0.15, 0.2) is 12.2 Å². The van der Waals surface area contributed by atoms with E-state index in [-0.39, 0.29) is 25.2 Å². The van der Waals surface area contributed by atoms with Crippen molar-refractivity contribution in [3.05, 3.63) is 12.2 Å². The summed E-state index contributed by atoms with van der Waals surface area (Å²) < 4.78 is 10.7. The monoisotopic (exact) mass is 917 g/mol. The van der Waals surface area contributed by atoms with Gasteiger partial charge < -0.3 is 14.6 Å². The van der Waals surface area contributed by atoms with Crippen LogP contribution >= 0.6 is 0 Å². The zero-order valence-corrected chi connectivity index (χ0v) is 44.3. The molecule has 0 saturated carbocycles. The first-order valence-electron chi connectivity index (χ1n) is 29.7. The molecule has 386 valence electrons. The summed E-state index contributed by atoms with van der Waals surface area (Å²) in [6.07, 6.45) is 70.6. The van der Waals surface area contributed by atoms with E-state index in [4.69, 9.17) is 9.47 Å². The van der Waals surface area contributed by atoms with Crippen molar-refractivity contribution in [1.82, 2.24) is 0 Å². The molecule has 0 saturated heterocycles. The minimum absolute atomic E-state index is 0.0593. The van der Waals surface area contributed by atoms with Crippen molar-refractivity contribution >= 4 is 11.9 Å². The Hall–Kier alpha value is -1.36. The van der Waals surface area contributed by atoms with Crippen LogP contribution in [-0.4, -0.2) is 36.4 Å². The van der Waals surface area contributed by atoms with Gasteiger partial charge in [-0.15, -0.1) is 0 Å². The molecule has 0 aromatic rings. The van der Waals surface area contributed by atoms with Gasteiger partial charge in [0.05, 0.1) is 6.61 Å². The van der Waals surface area contributed by atoms with E-state index in [1.807, 2.05) is 0 Å². The molecule has 0 fully saturated rings. The van der Waals surface area contributed by atoms with Crippen LogP contribution in [0.5, 0.6) is 0 Å². The first-order valence-corrected chi connectivity index (χ1v) is 29.7. The molecule has 1 unspecified atom stereocenters. The third-order valence-electron chi connectivity index (χ3n) is 13.8. The Morgan fingerprint density at radius 2 is 0.569 bits per heavy atom. The second kappa shape index (κ2) is 57.0. The Morgan fingerprint density at radius 1 is 0.338 bits per heavy atom. The zero-order chi connectivity index (χ0) is 47.0. The Morgan fingerprint density at radius 3 is 0.831 bits per heavy atom. The number of rotatable bonds is 56. The van der Waals surface area contributed by atoms with Crippen molar-refractivity contribution in [1.29, 1.82) is 0 Å². The Labute approximate surface area is 407 Å². The van der Waals surface area contributed by atoms with Crippen molar-refractivity contribution in [3.63, 3.8) is 0 Å². The molecule has 0 aliphatic heterocycles. The maximum absolute atomic E-state index is 12.3. The molecule has 0 aliphatic carbocycles. The molecule has 1 atom stereocenters. The van der Waals surface area contributed by atoms with Gasteiger partial charge in [0.1, 0.15) is 6.61 Å². The van der Waals surface area contributed by atoms with Crippen LogP contribution < -0.4 is 0 Å². The first kappa shape index (κ1) is 63.6. The molecule has 0 rings (SSSR count). The van der Waals surface area contributed by atoms with Gasteiger partial charge in [0.2, 0.25) is 0 Å². The number of aliphatic hydroxyl groups is 1. The third-order valence-corrected chi connectivity index (χ3v) is 13.8. The summed E-state index contributed by atoms with van der Waals surface area (Å²) in [5.41, 5.74) is 0. The van der Waals surface area contributed by atoms with E-state index in [0.717, 1.165) is 32.1 Å². The van der Waals surface area contributed by atoms with Crippen LogP contribution in [0.1, 0.15) is 341 Å². The molecule has 0 radical (unpaired) electrons. The molecule has 0 heterocycles. The normalized spacial score (nSPS) is 12.1. The highest BCUT2D eigenvalue weighted by Gasteiger charge is 2.16. The fourth-order valence-electron chi connectivity index (χ4n) is 9.32. The minimum atomic E-state index is -0.768. The van der Waals surface area contributed by atoms with Crippen molar-refractivity contribution in [2.45, 2.75) is 347 Å². The number of unbranched alkanes of at least 4 members (excludes halogenated alkanes) is 46. The van der Waals surface area contributed by atoms with Gasteiger partial charge in [0, 0.05) is 12.8 Å². The van der Waals surface area contributed by atoms with Crippen LogP contribution in [0.4, 0.5) is 0 Å². The molecular weight excluding hydrogens is 801 g/mol. The molecule has 1 N–H and O–H groups in total. The largest absolute Gasteiger partial charge is 0.462 e. The van der Waals surface area contributed by atoms with Crippen LogP contribution in [-0.2, 0) is 19.1 Å². The average Bonchev–Trinajstić information content (AvgIpc) is 3.31. The number of allylic oxidation sites excluding steroid dienone is 2. The quantitative estimate of drug-likeness (QED) is 0.0374. The molecular formula is C60H116O5. The van der Waals surface area contributed by atoms with E-state index >= 15 is 0 Å². The summed E-state index contributed by atoms with van der Waals surface area (Å²) >= 11 is 0. The first-order chi connectivity index (χ1) is 32.1. The molecule has 0 amide bonds. The lowest BCUT2D eigenvalue weighted by Crippen LogP contribution is -2.28. The predicted molar refractivity (Wildman–Crippen MR) is 284 cm³/mol. The standard InChI is InChI=1S/C60H116O5/c1-3-5-7-9-11-13-15-17-19-21-23-25-26-27-28-29-30-31-32-33-35-36-38-40-42-44-46-48-50-52-54-59(62)64-57-58(56-61)65-60(63)55-53-51-49-47-45-43-41-39-37-34-24-22-20-18-16-14-12-10-8-6-4-2/h22,24,58,61H,3-21,23,25-57H2,1-2H3/b24-22-. The second-order valence-electron chi connectivity index (χ2n) is 20.4. The van der Waals surface area contributed by atoms with Gasteiger partial charge >= 0.3 is 11.9 Å². The fourth-order valence-corrected chi connectivity index (χ4v) is 9.32. The van der Waals surface area contributed by atoms with Gasteiger partial charge in [0.25, 0.3) is 0 Å². The zero-order valence-electron chi connectivity index (χ0n) is 44.3. The van der Waals surface area contributed by atoms with E-state index < -0.39 is 6.10 Å². The highest BCUT2D eigenvalue weighted by Crippen LogP contribution is 2.18. The average molecular weight is 918 g/mol. The van der Waals surface area contributed by atoms with Gasteiger partial charge in [-0.2, -0.15) is 0 Å². The van der Waals surface area contributed by atoms with Crippen molar-refractivity contribution in [3.8, 4) is 0 Å². The SMILES string of the molecule is CCCCCCCCCC/C=C\CCCCCCCCCCCC(=O)OC(CO)COC(=O)CCCCCCCCCCCCCCCCCCCCCCCCCCCCCCCC. The highest BCUT2D eigenvalue weighted by molar-refractivity contribution is 5.70. The van der Waals surface area contributed by atoms with Crippen molar-refractivity contribution in [2.75, 3.05) is 13.2 Å². The van der Waals surface area contributed by atoms with Gasteiger partial charge in [-0.1, -0.05) is 302 Å². The van der Waals surface area contributed by atoms with E-state index in [1.165, 1.54) is 283 Å². The van der Waals surface area contributed by atoms with E-state index in [0.29, 0.717) is 12.8 Å². The number of aliphatic hydroxyl groups excluding tert-OH is 1. The molecule has 0 aromatic heterocycles. The van der Waals surface area contributed by atoms with Gasteiger partial charge in [0.15, 0.2) is 6.10 Å². The Bertz CT molecular complexity index is 948. The summed E-state index contributed by atoms with van der Waals surface area (Å²) in [4.78, 5) is 24.5. The number of hydrogen-bond donors (Lipinski definition) is 1. The lowest BCUT2D eigenvalue weighted by molar-refractivity contribution is -0.161. The van der Waals surface area contributed by atoms with E-state index in [2.05, 4.69) is 26.0 Å². The third kappa shape index (κ3) is 55.1. The van der Waals surface area contributed by atoms with Gasteiger partial charge in [-0.3, -0.25) is 9.59 Å². The molecule has 0 aliphatic rings. The van der Waals surface area contributed by atoms with E-state index in [1.54, 1.807) is 0 Å². The molecule has 0 bridgehead atoms. The number of hydrogen-bond acceptors (Lipinski definition) is 5. The van der Waals surface area contributed by atoms with E-state index in [9.17, 15) is 14.7 Å². The number of ether oxygens (including phenoxy) is 2. The maximum Gasteiger partial charge on any atom is 0.306 e. The lowest BCUT2D eigenvalue weighted by Gasteiger charge is -2.15. The summed E-state index contributed by atoms with van der Waals surface area (Å²) in [5, 5.41) is 9.65. The predicted octanol–water partition coefficient (Wildman–Crippen LogP) is 19.9. The van der Waals surface area contributed by atoms with Crippen LogP contribution in [0.3, 0.4) is 0 Å². The van der Waals surface area contributed by atoms with Crippen LogP contribution in [0.2, 0.25) is 0 Å². The Balaban J connectivity index is 3.39. The Kier molecular flexibility index (Phi) is 55.8. The summed E-state index contributed by atoms with van der Waals surface area (Å²) in [6.45, 7) is 4.20. The number of carbonyl (C=O) groups excluding carboxylic acids is 2. The molecule has 0 spiro atoms. The second-order valence-corrected chi connectivity index (χ2v) is 20.4. The maximum atomic E-state index is 12.3. The molecule has 65 heavy (non-hydrogen) atoms. The topological polar surface area (TPSA) is 72.8 Å². The van der Waals surface area contributed by atoms with Gasteiger partial charge in [-0.25, -0.2) is 0 Å². The number of carbonyl (C=O) groups is 2. The molecule has 5 heteroatoms. The summed E-state index contributed by atoms with van der Waals surface area (Å²) in [5.74, 6) is -0.570. The molecule has 0 aromatic carbocycles. The van der Waals surface area contributed by atoms with Crippen LogP contribution in [0, 0.1) is 0 Å². The highest BCUT2D eigenvalue weighted by atomic mass is 16.6. The van der Waals surface area contributed by atoms with Crippen molar-refractivity contribution < 1.29 is 24.2 Å². The minimum Gasteiger partial charge on any atom is -0.462 e. The summed E-state index contributed by atoms with van der Waals surface area (Å²) in [6, 6.07) is 0. The molecule has 5 nitrogen and oxygen atoms in total. The van der Waals surface area contributed by atoms with Crippen LogP contribution in [0.25, 0.3) is 0 Å². The lowest BCUT2D eigenvalue weighted by atomic mass is 10.0. The summed E-state index contributed by atoms with van der Waals surface area (Å²) in [7, 11) is 0.